The van der Waals surface area contributed by atoms with Crippen molar-refractivity contribution in [2.75, 3.05) is 0 Å². The van der Waals surface area contributed by atoms with E-state index in [1.807, 2.05) is 26.8 Å². The van der Waals surface area contributed by atoms with E-state index < -0.39 is 5.97 Å². The molecule has 6 nitrogen and oxygen atoms in total. The van der Waals surface area contributed by atoms with Gasteiger partial charge in [-0.3, -0.25) is 5.10 Å². The number of hydrogen-bond acceptors (Lipinski definition) is 4. The molecule has 0 aliphatic rings. The van der Waals surface area contributed by atoms with Crippen LogP contribution in [0.15, 0.2) is 40.4 Å². The molecular formula is C20H22N4O2S. The van der Waals surface area contributed by atoms with E-state index in [9.17, 15) is 9.90 Å². The van der Waals surface area contributed by atoms with Crippen molar-refractivity contribution in [3.63, 3.8) is 0 Å². The number of carbonyl (C=O) groups is 1. The largest absolute Gasteiger partial charge is 0.477 e. The van der Waals surface area contributed by atoms with Gasteiger partial charge in [-0.05, 0) is 62.4 Å². The van der Waals surface area contributed by atoms with Crippen LogP contribution < -0.4 is 0 Å². The van der Waals surface area contributed by atoms with Crippen LogP contribution in [0.1, 0.15) is 35.3 Å². The van der Waals surface area contributed by atoms with Crippen molar-refractivity contribution in [3.8, 4) is 5.69 Å². The number of carboxylic acid groups (broad SMARTS) is 1. The number of hydrogen-bond donors (Lipinski definition) is 2. The molecule has 0 unspecified atom stereocenters. The first kappa shape index (κ1) is 19.0. The minimum atomic E-state index is -0.997. The van der Waals surface area contributed by atoms with Crippen molar-refractivity contribution in [3.05, 3.63) is 63.6 Å². The van der Waals surface area contributed by atoms with Gasteiger partial charge in [-0.2, -0.15) is 0 Å². The standard InChI is InChI=1S/C20H22N4O2S/c1-5-18-21-20(23-22-18)27-17(19(25)26)11-15-10-13(3)24(14(15)4)16-8-6-12(2)7-9-16/h6-11H,5H2,1-4H3,(H,25,26)(H,21,22,23)/b17-11-. The van der Waals surface area contributed by atoms with Crippen LogP contribution in [0, 0.1) is 20.8 Å². The third-order valence-electron chi connectivity index (χ3n) is 4.31. The van der Waals surface area contributed by atoms with Crippen molar-refractivity contribution in [1.29, 1.82) is 0 Å². The van der Waals surface area contributed by atoms with Crippen molar-refractivity contribution in [1.82, 2.24) is 19.7 Å². The van der Waals surface area contributed by atoms with Gasteiger partial charge in [-0.1, -0.05) is 24.6 Å². The molecule has 2 heterocycles. The molecule has 0 radical (unpaired) electrons. The van der Waals surface area contributed by atoms with Gasteiger partial charge in [-0.15, -0.1) is 5.10 Å². The zero-order chi connectivity index (χ0) is 19.6. The summed E-state index contributed by atoms with van der Waals surface area (Å²) in [5, 5.41) is 16.9. The summed E-state index contributed by atoms with van der Waals surface area (Å²) in [6.07, 6.45) is 2.40. The maximum atomic E-state index is 11.7. The van der Waals surface area contributed by atoms with Crippen LogP contribution in [-0.4, -0.2) is 30.8 Å². The molecule has 0 fully saturated rings. The topological polar surface area (TPSA) is 83.8 Å². The van der Waals surface area contributed by atoms with E-state index in [-0.39, 0.29) is 4.91 Å². The molecule has 3 rings (SSSR count). The fraction of sp³-hybridized carbons (Fsp3) is 0.250. The Bertz CT molecular complexity index is 1000. The predicted octanol–water partition coefficient (Wildman–Crippen LogP) is 4.30. The molecule has 0 spiro atoms. The number of benzene rings is 1. The van der Waals surface area contributed by atoms with Crippen LogP contribution in [0.5, 0.6) is 0 Å². The molecule has 2 N–H and O–H groups in total. The SMILES string of the molecule is CCc1nc(S/C(=C\c2cc(C)n(-c3ccc(C)cc3)c2C)C(=O)O)n[nH]1. The monoisotopic (exact) mass is 382 g/mol. The second-order valence-corrected chi connectivity index (χ2v) is 7.34. The highest BCUT2D eigenvalue weighted by molar-refractivity contribution is 8.04. The normalized spacial score (nSPS) is 11.8. The maximum Gasteiger partial charge on any atom is 0.342 e. The Hall–Kier alpha value is -2.80. The lowest BCUT2D eigenvalue weighted by Gasteiger charge is -2.10. The molecule has 3 aromatic rings. The molecule has 140 valence electrons. The van der Waals surface area contributed by atoms with E-state index in [0.717, 1.165) is 46.6 Å². The van der Waals surface area contributed by atoms with Gasteiger partial charge in [0.1, 0.15) is 10.7 Å². The van der Waals surface area contributed by atoms with Gasteiger partial charge < -0.3 is 9.67 Å². The molecule has 0 bridgehead atoms. The summed E-state index contributed by atoms with van der Waals surface area (Å²) in [6, 6.07) is 10.3. The van der Waals surface area contributed by atoms with E-state index in [4.69, 9.17) is 0 Å². The lowest BCUT2D eigenvalue weighted by Crippen LogP contribution is -2.00. The Morgan fingerprint density at radius 1 is 1.26 bits per heavy atom. The fourth-order valence-corrected chi connectivity index (χ4v) is 3.60. The van der Waals surface area contributed by atoms with Crippen molar-refractivity contribution in [2.45, 2.75) is 39.3 Å². The first-order valence-corrected chi connectivity index (χ1v) is 9.50. The van der Waals surface area contributed by atoms with Crippen LogP contribution in [-0.2, 0) is 11.2 Å². The van der Waals surface area contributed by atoms with E-state index in [1.54, 1.807) is 6.08 Å². The van der Waals surface area contributed by atoms with Gasteiger partial charge in [0.25, 0.3) is 0 Å². The number of thioether (sulfide) groups is 1. The third-order valence-corrected chi connectivity index (χ3v) is 5.18. The lowest BCUT2D eigenvalue weighted by atomic mass is 10.2. The van der Waals surface area contributed by atoms with Crippen LogP contribution in [0.3, 0.4) is 0 Å². The predicted molar refractivity (Wildman–Crippen MR) is 107 cm³/mol. The minimum absolute atomic E-state index is 0.181. The molecule has 0 amide bonds. The number of nitrogens with one attached hydrogen (secondary N) is 1. The molecule has 2 aromatic heterocycles. The van der Waals surface area contributed by atoms with E-state index >= 15 is 0 Å². The van der Waals surface area contributed by atoms with E-state index in [2.05, 4.69) is 50.9 Å². The Labute approximate surface area is 162 Å². The molecule has 7 heteroatoms. The number of carboxylic acids is 1. The van der Waals surface area contributed by atoms with Crippen molar-refractivity contribution in [2.24, 2.45) is 0 Å². The number of aromatic amines is 1. The highest BCUT2D eigenvalue weighted by Crippen LogP contribution is 2.29. The van der Waals surface area contributed by atoms with Crippen molar-refractivity contribution < 1.29 is 9.90 Å². The smallest absolute Gasteiger partial charge is 0.342 e. The Morgan fingerprint density at radius 3 is 2.56 bits per heavy atom. The Kier molecular flexibility index (Phi) is 5.51. The Morgan fingerprint density at radius 2 is 1.96 bits per heavy atom. The van der Waals surface area contributed by atoms with Gasteiger partial charge >= 0.3 is 5.97 Å². The summed E-state index contributed by atoms with van der Waals surface area (Å²) < 4.78 is 2.12. The van der Waals surface area contributed by atoms with Crippen LogP contribution in [0.25, 0.3) is 11.8 Å². The Balaban J connectivity index is 1.97. The average molecular weight is 382 g/mol. The molecule has 0 aliphatic heterocycles. The second kappa shape index (κ2) is 7.84. The molecule has 0 saturated heterocycles. The summed E-state index contributed by atoms with van der Waals surface area (Å²) in [4.78, 5) is 16.2. The van der Waals surface area contributed by atoms with E-state index in [1.165, 1.54) is 5.56 Å². The van der Waals surface area contributed by atoms with Crippen molar-refractivity contribution >= 4 is 23.8 Å². The number of aromatic nitrogens is 4. The highest BCUT2D eigenvalue weighted by Gasteiger charge is 2.16. The number of rotatable bonds is 6. The lowest BCUT2D eigenvalue weighted by molar-refractivity contribution is -0.131. The van der Waals surface area contributed by atoms with Gasteiger partial charge in [0, 0.05) is 23.5 Å². The third kappa shape index (κ3) is 4.14. The molecule has 0 aliphatic carbocycles. The number of aryl methyl sites for hydroxylation is 3. The second-order valence-electron chi connectivity index (χ2n) is 6.33. The van der Waals surface area contributed by atoms with Gasteiger partial charge in [0.2, 0.25) is 5.16 Å². The first-order chi connectivity index (χ1) is 12.9. The number of nitrogens with zero attached hydrogens (tertiary/aromatic N) is 3. The summed E-state index contributed by atoms with van der Waals surface area (Å²) in [5.41, 5.74) is 5.15. The number of aliphatic carboxylic acids is 1. The average Bonchev–Trinajstić information content (AvgIpc) is 3.20. The number of H-pyrrole nitrogens is 1. The summed E-state index contributed by atoms with van der Waals surface area (Å²) in [5.74, 6) is -0.261. The first-order valence-electron chi connectivity index (χ1n) is 8.69. The quantitative estimate of drug-likeness (QED) is 0.490. The van der Waals surface area contributed by atoms with Crippen LogP contribution >= 0.6 is 11.8 Å². The van der Waals surface area contributed by atoms with Crippen LogP contribution in [0.2, 0.25) is 0 Å². The molecule has 0 saturated carbocycles. The van der Waals surface area contributed by atoms with Crippen LogP contribution in [0.4, 0.5) is 0 Å². The van der Waals surface area contributed by atoms with E-state index in [0.29, 0.717) is 5.16 Å². The van der Waals surface area contributed by atoms with Gasteiger partial charge in [0.15, 0.2) is 0 Å². The minimum Gasteiger partial charge on any atom is -0.477 e. The zero-order valence-corrected chi connectivity index (χ0v) is 16.6. The zero-order valence-electron chi connectivity index (χ0n) is 15.8. The molecule has 27 heavy (non-hydrogen) atoms. The molecular weight excluding hydrogens is 360 g/mol. The van der Waals surface area contributed by atoms with Gasteiger partial charge in [0.05, 0.1) is 0 Å². The maximum absolute atomic E-state index is 11.7. The summed E-state index contributed by atoms with van der Waals surface area (Å²) >= 11 is 1.05. The molecule has 1 aromatic carbocycles. The van der Waals surface area contributed by atoms with Gasteiger partial charge in [-0.25, -0.2) is 9.78 Å². The highest BCUT2D eigenvalue weighted by atomic mass is 32.2. The summed E-state index contributed by atoms with van der Waals surface area (Å²) in [7, 11) is 0. The molecule has 0 atom stereocenters. The summed E-state index contributed by atoms with van der Waals surface area (Å²) in [6.45, 7) is 8.02. The fourth-order valence-electron chi connectivity index (χ4n) is 2.88.